The van der Waals surface area contributed by atoms with E-state index in [4.69, 9.17) is 9.47 Å². The van der Waals surface area contributed by atoms with Gasteiger partial charge in [0, 0.05) is 31.7 Å². The third-order valence-electron chi connectivity index (χ3n) is 4.80. The molecule has 2 amide bonds. The molecule has 2 aliphatic rings. The third-order valence-corrected chi connectivity index (χ3v) is 4.80. The number of allylic oxidation sites excluding steroid dienone is 1. The zero-order valence-corrected chi connectivity index (χ0v) is 15.1. The van der Waals surface area contributed by atoms with E-state index in [1.54, 1.807) is 25.3 Å². The van der Waals surface area contributed by atoms with Crippen molar-refractivity contribution < 1.29 is 19.1 Å². The van der Waals surface area contributed by atoms with Crippen molar-refractivity contribution in [1.29, 1.82) is 0 Å². The Morgan fingerprint density at radius 3 is 2.73 bits per heavy atom. The molecule has 1 aromatic carbocycles. The summed E-state index contributed by atoms with van der Waals surface area (Å²) in [5.74, 6) is 0.872. The summed E-state index contributed by atoms with van der Waals surface area (Å²) in [6.45, 7) is 3.87. The number of fused-ring (bicyclic) bond motifs is 1. The number of methoxy groups -OCH3 is 1. The zero-order chi connectivity index (χ0) is 18.6. The van der Waals surface area contributed by atoms with Crippen molar-refractivity contribution >= 4 is 11.8 Å². The number of hydrogen-bond donors (Lipinski definition) is 3. The first-order chi connectivity index (χ1) is 12.5. The molecule has 7 nitrogen and oxygen atoms in total. The molecule has 1 spiro atoms. The van der Waals surface area contributed by atoms with E-state index in [9.17, 15) is 9.59 Å². The second-order valence-electron chi connectivity index (χ2n) is 6.82. The van der Waals surface area contributed by atoms with Crippen molar-refractivity contribution in [3.63, 3.8) is 0 Å². The number of benzene rings is 1. The predicted octanol–water partition coefficient (Wildman–Crippen LogP) is 0.858. The van der Waals surface area contributed by atoms with Gasteiger partial charge in [-0.3, -0.25) is 9.59 Å². The van der Waals surface area contributed by atoms with Gasteiger partial charge in [0.15, 0.2) is 0 Å². The lowest BCUT2D eigenvalue weighted by Gasteiger charge is -2.40. The predicted molar refractivity (Wildman–Crippen MR) is 97.5 cm³/mol. The molecule has 0 aromatic heterocycles. The summed E-state index contributed by atoms with van der Waals surface area (Å²) < 4.78 is 11.0. The van der Waals surface area contributed by atoms with Gasteiger partial charge in [0.25, 0.3) is 5.91 Å². The number of nitrogens with one attached hydrogen (secondary N) is 3. The first-order valence-electron chi connectivity index (χ1n) is 8.80. The summed E-state index contributed by atoms with van der Waals surface area (Å²) in [7, 11) is 1.57. The van der Waals surface area contributed by atoms with Crippen LogP contribution in [-0.4, -0.2) is 51.2 Å². The maximum Gasteiger partial charge on any atom is 0.255 e. The molecule has 2 heterocycles. The topological polar surface area (TPSA) is 88.7 Å². The molecule has 1 aromatic rings. The molecule has 7 heteroatoms. The second kappa shape index (κ2) is 7.78. The Morgan fingerprint density at radius 1 is 1.23 bits per heavy atom. The van der Waals surface area contributed by atoms with Gasteiger partial charge in [-0.1, -0.05) is 12.2 Å². The van der Waals surface area contributed by atoms with Crippen LogP contribution in [-0.2, 0) is 4.79 Å². The molecule has 140 valence electrons. The average Bonchev–Trinajstić information content (AvgIpc) is 2.60. The standard InChI is InChI=1S/C19H25N3O4/c1-13-10-21-18(24)19(11-20-12-19)7-3-4-8-26-16-9-14(25-2)5-6-15(16)17(23)22-13/h3-6,9,13,20H,7-8,10-12H2,1-2H3,(H,21,24)(H,22,23)/b4-3-/t13-/m1/s1. The number of hydrogen-bond acceptors (Lipinski definition) is 5. The fraction of sp³-hybridized carbons (Fsp3) is 0.474. The van der Waals surface area contributed by atoms with Crippen LogP contribution in [0.5, 0.6) is 11.5 Å². The molecular weight excluding hydrogens is 334 g/mol. The SMILES string of the molecule is COc1ccc2c(c1)OC/C=C\CC1(CNC1)C(=O)NC[C@@H](C)NC2=O. The maximum atomic E-state index is 12.6. The van der Waals surface area contributed by atoms with E-state index in [2.05, 4.69) is 16.0 Å². The van der Waals surface area contributed by atoms with Crippen LogP contribution in [0.25, 0.3) is 0 Å². The minimum Gasteiger partial charge on any atom is -0.497 e. The summed E-state index contributed by atoms with van der Waals surface area (Å²) >= 11 is 0. The molecular formula is C19H25N3O4. The Kier molecular flexibility index (Phi) is 5.46. The third kappa shape index (κ3) is 3.83. The van der Waals surface area contributed by atoms with Gasteiger partial charge in [0.2, 0.25) is 5.91 Å². The van der Waals surface area contributed by atoms with E-state index in [1.807, 2.05) is 19.1 Å². The molecule has 3 N–H and O–H groups in total. The van der Waals surface area contributed by atoms with Crippen molar-refractivity contribution in [3.8, 4) is 11.5 Å². The van der Waals surface area contributed by atoms with Gasteiger partial charge < -0.3 is 25.4 Å². The lowest BCUT2D eigenvalue weighted by molar-refractivity contribution is -0.133. The van der Waals surface area contributed by atoms with E-state index >= 15 is 0 Å². The molecule has 1 saturated heterocycles. The number of rotatable bonds is 1. The normalized spacial score (nSPS) is 24.2. The Morgan fingerprint density at radius 2 is 2.04 bits per heavy atom. The fourth-order valence-electron chi connectivity index (χ4n) is 3.06. The van der Waals surface area contributed by atoms with Crippen LogP contribution in [0.3, 0.4) is 0 Å². The summed E-state index contributed by atoms with van der Waals surface area (Å²) in [4.78, 5) is 25.1. The van der Waals surface area contributed by atoms with Crippen LogP contribution in [0.15, 0.2) is 30.4 Å². The maximum absolute atomic E-state index is 12.6. The van der Waals surface area contributed by atoms with Crippen LogP contribution in [0, 0.1) is 5.41 Å². The van der Waals surface area contributed by atoms with Crippen LogP contribution in [0.2, 0.25) is 0 Å². The van der Waals surface area contributed by atoms with Crippen LogP contribution < -0.4 is 25.4 Å². The molecule has 0 unspecified atom stereocenters. The van der Waals surface area contributed by atoms with E-state index in [0.717, 1.165) is 0 Å². The first-order valence-corrected chi connectivity index (χ1v) is 8.80. The van der Waals surface area contributed by atoms with E-state index in [1.165, 1.54) is 0 Å². The van der Waals surface area contributed by atoms with Crippen LogP contribution in [0.1, 0.15) is 23.7 Å². The van der Waals surface area contributed by atoms with Gasteiger partial charge in [-0.15, -0.1) is 0 Å². The van der Waals surface area contributed by atoms with Crippen LogP contribution >= 0.6 is 0 Å². The molecule has 1 atom stereocenters. The summed E-state index contributed by atoms with van der Waals surface area (Å²) in [6, 6.07) is 4.91. The van der Waals surface area contributed by atoms with Gasteiger partial charge >= 0.3 is 0 Å². The molecule has 0 bridgehead atoms. The first kappa shape index (κ1) is 18.3. The Balaban J connectivity index is 1.83. The number of ether oxygens (including phenoxy) is 2. The highest BCUT2D eigenvalue weighted by molar-refractivity contribution is 5.97. The highest BCUT2D eigenvalue weighted by Gasteiger charge is 2.43. The lowest BCUT2D eigenvalue weighted by Crippen LogP contribution is -2.62. The van der Waals surface area contributed by atoms with Gasteiger partial charge in [-0.2, -0.15) is 0 Å². The average molecular weight is 359 g/mol. The van der Waals surface area contributed by atoms with Gasteiger partial charge in [-0.25, -0.2) is 0 Å². The highest BCUT2D eigenvalue weighted by Crippen LogP contribution is 2.28. The number of carbonyl (C=O) groups excluding carboxylic acids is 2. The zero-order valence-electron chi connectivity index (χ0n) is 15.1. The molecule has 26 heavy (non-hydrogen) atoms. The highest BCUT2D eigenvalue weighted by atomic mass is 16.5. The summed E-state index contributed by atoms with van der Waals surface area (Å²) in [6.07, 6.45) is 4.50. The number of carbonyl (C=O) groups is 2. The Labute approximate surface area is 153 Å². The van der Waals surface area contributed by atoms with Gasteiger partial charge in [-0.05, 0) is 25.5 Å². The fourth-order valence-corrected chi connectivity index (χ4v) is 3.06. The van der Waals surface area contributed by atoms with Crippen molar-refractivity contribution in [3.05, 3.63) is 35.9 Å². The number of amides is 2. The minimum atomic E-state index is -0.411. The molecule has 3 rings (SSSR count). The molecule has 2 aliphatic heterocycles. The van der Waals surface area contributed by atoms with Gasteiger partial charge in [0.1, 0.15) is 18.1 Å². The molecule has 1 fully saturated rings. The van der Waals surface area contributed by atoms with Crippen molar-refractivity contribution in [2.75, 3.05) is 33.4 Å². The van der Waals surface area contributed by atoms with Crippen LogP contribution in [0.4, 0.5) is 0 Å². The monoisotopic (exact) mass is 359 g/mol. The second-order valence-corrected chi connectivity index (χ2v) is 6.82. The largest absolute Gasteiger partial charge is 0.497 e. The van der Waals surface area contributed by atoms with Crippen molar-refractivity contribution in [1.82, 2.24) is 16.0 Å². The Hall–Kier alpha value is -2.54. The summed E-state index contributed by atoms with van der Waals surface area (Å²) in [5, 5.41) is 9.04. The molecule has 0 aliphatic carbocycles. The van der Waals surface area contributed by atoms with E-state index in [-0.39, 0.29) is 17.9 Å². The quantitative estimate of drug-likeness (QED) is 0.647. The van der Waals surface area contributed by atoms with Crippen molar-refractivity contribution in [2.45, 2.75) is 19.4 Å². The van der Waals surface area contributed by atoms with Gasteiger partial charge in [0.05, 0.1) is 18.1 Å². The van der Waals surface area contributed by atoms with Crippen molar-refractivity contribution in [2.24, 2.45) is 5.41 Å². The molecule has 0 radical (unpaired) electrons. The minimum absolute atomic E-state index is 0.0186. The molecule has 0 saturated carbocycles. The summed E-state index contributed by atoms with van der Waals surface area (Å²) in [5.41, 5.74) is 0.0277. The van der Waals surface area contributed by atoms with E-state index in [0.29, 0.717) is 49.7 Å². The Bertz CT molecular complexity index is 713. The lowest BCUT2D eigenvalue weighted by atomic mass is 9.77. The smallest absolute Gasteiger partial charge is 0.255 e. The van der Waals surface area contributed by atoms with E-state index < -0.39 is 5.41 Å².